The lowest BCUT2D eigenvalue weighted by molar-refractivity contribution is 0.0946. The predicted octanol–water partition coefficient (Wildman–Crippen LogP) is 4.48. The number of carbonyl (C=O) groups excluding carboxylic acids is 1. The van der Waals surface area contributed by atoms with E-state index in [2.05, 4.69) is 31.4 Å². The molecule has 3 aromatic rings. The lowest BCUT2D eigenvalue weighted by Gasteiger charge is -2.07. The van der Waals surface area contributed by atoms with Gasteiger partial charge >= 0.3 is 0 Å². The Hall–Kier alpha value is -2.38. The van der Waals surface area contributed by atoms with Crippen molar-refractivity contribution >= 4 is 33.4 Å². The number of halogens is 2. The van der Waals surface area contributed by atoms with Crippen molar-refractivity contribution in [3.8, 4) is 17.1 Å². The molecule has 0 spiro atoms. The van der Waals surface area contributed by atoms with Gasteiger partial charge < -0.3 is 14.6 Å². The summed E-state index contributed by atoms with van der Waals surface area (Å²) < 4.78 is 11.5. The number of hydrogen-bond acceptors (Lipinski definition) is 5. The number of rotatable bonds is 6. The quantitative estimate of drug-likeness (QED) is 0.616. The van der Waals surface area contributed by atoms with Gasteiger partial charge in [0.25, 0.3) is 5.91 Å². The molecule has 1 aromatic heterocycles. The largest absolute Gasteiger partial charge is 0.492 e. The summed E-state index contributed by atoms with van der Waals surface area (Å²) >= 11 is 9.50. The number of carbonyl (C=O) groups is 1. The van der Waals surface area contributed by atoms with Crippen molar-refractivity contribution < 1.29 is 14.1 Å². The summed E-state index contributed by atoms with van der Waals surface area (Å²) in [6.45, 7) is 2.48. The summed E-state index contributed by atoms with van der Waals surface area (Å²) in [6, 6.07) is 12.4. The molecule has 0 bridgehead atoms. The molecule has 6 nitrogen and oxygen atoms in total. The Morgan fingerprint density at radius 1 is 1.31 bits per heavy atom. The minimum absolute atomic E-state index is 0.116. The molecule has 134 valence electrons. The fourth-order valence-corrected chi connectivity index (χ4v) is 2.88. The van der Waals surface area contributed by atoms with E-state index in [0.717, 1.165) is 10.0 Å². The highest BCUT2D eigenvalue weighted by Crippen LogP contribution is 2.25. The summed E-state index contributed by atoms with van der Waals surface area (Å²) in [5.74, 6) is 1.02. The third-order valence-electron chi connectivity index (χ3n) is 3.44. The average Bonchev–Trinajstić information content (AvgIpc) is 3.10. The Balaban J connectivity index is 1.64. The standard InChI is InChI=1S/C18H15BrClN3O3/c1-2-25-15-7-6-12(9-14(15)20)18(24)21-10-16-22-17(23-26-16)11-4-3-5-13(19)8-11/h3-9H,2,10H2,1H3,(H,21,24). The Labute approximate surface area is 163 Å². The SMILES string of the molecule is CCOc1ccc(C(=O)NCc2nc(-c3cccc(Br)c3)no2)cc1Cl. The van der Waals surface area contributed by atoms with E-state index in [9.17, 15) is 4.79 Å². The Bertz CT molecular complexity index is 930. The molecule has 1 N–H and O–H groups in total. The molecule has 0 aliphatic carbocycles. The first-order valence-electron chi connectivity index (χ1n) is 7.86. The van der Waals surface area contributed by atoms with Crippen molar-refractivity contribution in [1.29, 1.82) is 0 Å². The molecular weight excluding hydrogens is 422 g/mol. The Morgan fingerprint density at radius 3 is 2.88 bits per heavy atom. The summed E-state index contributed by atoms with van der Waals surface area (Å²) in [5.41, 5.74) is 1.24. The minimum atomic E-state index is -0.294. The highest BCUT2D eigenvalue weighted by Gasteiger charge is 2.13. The van der Waals surface area contributed by atoms with Gasteiger partial charge in [-0.15, -0.1) is 0 Å². The van der Waals surface area contributed by atoms with Crippen LogP contribution in [-0.4, -0.2) is 22.7 Å². The Morgan fingerprint density at radius 2 is 2.15 bits per heavy atom. The number of benzene rings is 2. The van der Waals surface area contributed by atoms with Crippen LogP contribution in [0.5, 0.6) is 5.75 Å². The highest BCUT2D eigenvalue weighted by molar-refractivity contribution is 9.10. The van der Waals surface area contributed by atoms with E-state index in [-0.39, 0.29) is 12.5 Å². The van der Waals surface area contributed by atoms with E-state index in [0.29, 0.717) is 34.7 Å². The molecule has 26 heavy (non-hydrogen) atoms. The normalized spacial score (nSPS) is 10.6. The summed E-state index contributed by atoms with van der Waals surface area (Å²) in [5, 5.41) is 7.04. The van der Waals surface area contributed by atoms with Gasteiger partial charge in [0.1, 0.15) is 5.75 Å². The lowest BCUT2D eigenvalue weighted by Crippen LogP contribution is -2.22. The lowest BCUT2D eigenvalue weighted by atomic mass is 10.2. The maximum absolute atomic E-state index is 12.3. The molecule has 1 heterocycles. The van der Waals surface area contributed by atoms with E-state index in [4.69, 9.17) is 20.9 Å². The maximum atomic E-state index is 12.3. The van der Waals surface area contributed by atoms with Gasteiger partial charge in [-0.3, -0.25) is 4.79 Å². The molecule has 0 aliphatic rings. The van der Waals surface area contributed by atoms with Crippen molar-refractivity contribution in [3.05, 3.63) is 63.4 Å². The van der Waals surface area contributed by atoms with Gasteiger partial charge in [0.2, 0.25) is 11.7 Å². The van der Waals surface area contributed by atoms with Gasteiger partial charge in [-0.1, -0.05) is 44.8 Å². The second-order valence-corrected chi connectivity index (χ2v) is 6.61. The van der Waals surface area contributed by atoms with E-state index < -0.39 is 0 Å². The second kappa shape index (κ2) is 8.33. The zero-order chi connectivity index (χ0) is 18.5. The number of nitrogens with zero attached hydrogens (tertiary/aromatic N) is 2. The average molecular weight is 437 g/mol. The summed E-state index contributed by atoms with van der Waals surface area (Å²) in [6.07, 6.45) is 0. The summed E-state index contributed by atoms with van der Waals surface area (Å²) in [7, 11) is 0. The first-order valence-corrected chi connectivity index (χ1v) is 9.03. The van der Waals surface area contributed by atoms with Crippen LogP contribution < -0.4 is 10.1 Å². The van der Waals surface area contributed by atoms with Gasteiger partial charge in [0, 0.05) is 15.6 Å². The van der Waals surface area contributed by atoms with Crippen LogP contribution in [0.1, 0.15) is 23.2 Å². The van der Waals surface area contributed by atoms with Crippen LogP contribution in [0.3, 0.4) is 0 Å². The summed E-state index contributed by atoms with van der Waals surface area (Å²) in [4.78, 5) is 16.5. The topological polar surface area (TPSA) is 77.2 Å². The van der Waals surface area contributed by atoms with E-state index >= 15 is 0 Å². The predicted molar refractivity (Wildman–Crippen MR) is 101 cm³/mol. The van der Waals surface area contributed by atoms with Crippen LogP contribution >= 0.6 is 27.5 Å². The molecule has 0 fully saturated rings. The molecule has 0 atom stereocenters. The monoisotopic (exact) mass is 435 g/mol. The maximum Gasteiger partial charge on any atom is 0.251 e. The molecular formula is C18H15BrClN3O3. The van der Waals surface area contributed by atoms with E-state index in [1.54, 1.807) is 18.2 Å². The molecule has 2 aromatic carbocycles. The van der Waals surface area contributed by atoms with Gasteiger partial charge in [0.05, 0.1) is 18.2 Å². The number of aromatic nitrogens is 2. The molecule has 3 rings (SSSR count). The third-order valence-corrected chi connectivity index (χ3v) is 4.23. The van der Waals surface area contributed by atoms with Gasteiger partial charge in [-0.05, 0) is 37.3 Å². The van der Waals surface area contributed by atoms with Crippen LogP contribution in [0.25, 0.3) is 11.4 Å². The fourth-order valence-electron chi connectivity index (χ4n) is 2.24. The number of nitrogens with one attached hydrogen (secondary N) is 1. The molecule has 0 saturated heterocycles. The van der Waals surface area contributed by atoms with Crippen LogP contribution in [0.15, 0.2) is 51.5 Å². The van der Waals surface area contributed by atoms with Gasteiger partial charge in [-0.2, -0.15) is 4.98 Å². The van der Waals surface area contributed by atoms with Gasteiger partial charge in [0.15, 0.2) is 0 Å². The first-order chi connectivity index (χ1) is 12.6. The molecule has 8 heteroatoms. The van der Waals surface area contributed by atoms with E-state index in [1.807, 2.05) is 31.2 Å². The van der Waals surface area contributed by atoms with Crippen LogP contribution in [0.2, 0.25) is 5.02 Å². The molecule has 0 unspecified atom stereocenters. The van der Waals surface area contributed by atoms with Crippen molar-refractivity contribution in [3.63, 3.8) is 0 Å². The molecule has 0 aliphatic heterocycles. The number of amides is 1. The minimum Gasteiger partial charge on any atom is -0.492 e. The van der Waals surface area contributed by atoms with Crippen molar-refractivity contribution in [2.45, 2.75) is 13.5 Å². The fraction of sp³-hybridized carbons (Fsp3) is 0.167. The zero-order valence-corrected chi connectivity index (χ0v) is 16.2. The highest BCUT2D eigenvalue weighted by atomic mass is 79.9. The smallest absolute Gasteiger partial charge is 0.251 e. The first kappa shape index (κ1) is 18.4. The van der Waals surface area contributed by atoms with Crippen LogP contribution in [-0.2, 0) is 6.54 Å². The molecule has 0 saturated carbocycles. The van der Waals surface area contributed by atoms with Crippen molar-refractivity contribution in [2.24, 2.45) is 0 Å². The Kier molecular flexibility index (Phi) is 5.90. The second-order valence-electron chi connectivity index (χ2n) is 5.28. The van der Waals surface area contributed by atoms with Crippen LogP contribution in [0, 0.1) is 0 Å². The van der Waals surface area contributed by atoms with Crippen molar-refractivity contribution in [2.75, 3.05) is 6.61 Å². The van der Waals surface area contributed by atoms with Crippen LogP contribution in [0.4, 0.5) is 0 Å². The van der Waals surface area contributed by atoms with E-state index in [1.165, 1.54) is 0 Å². The van der Waals surface area contributed by atoms with Gasteiger partial charge in [-0.25, -0.2) is 0 Å². The zero-order valence-electron chi connectivity index (χ0n) is 13.8. The third kappa shape index (κ3) is 4.42. The number of hydrogen-bond donors (Lipinski definition) is 1. The number of ether oxygens (including phenoxy) is 1. The molecule has 1 amide bonds. The molecule has 0 radical (unpaired) electrons. The van der Waals surface area contributed by atoms with Crippen molar-refractivity contribution in [1.82, 2.24) is 15.5 Å².